The molecular weight excluding hydrogens is 342 g/mol. The van der Waals surface area contributed by atoms with Gasteiger partial charge in [-0.2, -0.15) is 0 Å². The second kappa shape index (κ2) is 9.21. The molecule has 0 spiro atoms. The Labute approximate surface area is 160 Å². The smallest absolute Gasteiger partial charge is 0.344 e. The second-order valence-electron chi connectivity index (χ2n) is 6.91. The number of esters is 1. The molecule has 0 aliphatic heterocycles. The maximum absolute atomic E-state index is 12.0. The lowest BCUT2D eigenvalue weighted by atomic mass is 10.0. The van der Waals surface area contributed by atoms with Gasteiger partial charge in [0.05, 0.1) is 6.04 Å². The van der Waals surface area contributed by atoms with E-state index in [4.69, 9.17) is 9.47 Å². The summed E-state index contributed by atoms with van der Waals surface area (Å²) in [5, 5.41) is 2.83. The largest absolute Gasteiger partial charge is 0.482 e. The molecule has 0 saturated heterocycles. The Morgan fingerprint density at radius 3 is 2.22 bits per heavy atom. The Hall–Kier alpha value is -2.82. The van der Waals surface area contributed by atoms with Crippen LogP contribution < -0.4 is 10.1 Å². The molecule has 27 heavy (non-hydrogen) atoms. The summed E-state index contributed by atoms with van der Waals surface area (Å²) in [6, 6.07) is 11.6. The van der Waals surface area contributed by atoms with Gasteiger partial charge in [-0.3, -0.25) is 4.79 Å². The molecule has 1 atom stereocenters. The molecule has 0 saturated carbocycles. The van der Waals surface area contributed by atoms with Gasteiger partial charge in [-0.15, -0.1) is 0 Å². The van der Waals surface area contributed by atoms with Crippen LogP contribution in [0.1, 0.15) is 40.8 Å². The predicted octanol–water partition coefficient (Wildman–Crippen LogP) is 3.72. The van der Waals surface area contributed by atoms with Gasteiger partial charge in [0.15, 0.2) is 13.2 Å². The highest BCUT2D eigenvalue weighted by Crippen LogP contribution is 2.17. The lowest BCUT2D eigenvalue weighted by molar-refractivity contribution is -0.150. The van der Waals surface area contributed by atoms with Crippen LogP contribution in [0.15, 0.2) is 36.4 Å². The Bertz CT molecular complexity index is 809. The average molecular weight is 369 g/mol. The van der Waals surface area contributed by atoms with E-state index < -0.39 is 5.97 Å². The van der Waals surface area contributed by atoms with Gasteiger partial charge in [-0.05, 0) is 74.6 Å². The van der Waals surface area contributed by atoms with Crippen LogP contribution in [0.25, 0.3) is 0 Å². The van der Waals surface area contributed by atoms with E-state index >= 15 is 0 Å². The molecule has 0 aliphatic carbocycles. The monoisotopic (exact) mass is 369 g/mol. The van der Waals surface area contributed by atoms with E-state index in [0.717, 1.165) is 16.7 Å². The molecule has 0 aromatic heterocycles. The van der Waals surface area contributed by atoms with Gasteiger partial charge in [0.25, 0.3) is 5.91 Å². The number of carbonyl (C=O) groups is 2. The summed E-state index contributed by atoms with van der Waals surface area (Å²) in [7, 11) is 0. The van der Waals surface area contributed by atoms with Crippen molar-refractivity contribution in [3.8, 4) is 5.75 Å². The molecule has 2 aromatic rings. The van der Waals surface area contributed by atoms with Crippen LogP contribution in [0, 0.1) is 27.7 Å². The van der Waals surface area contributed by atoms with Crippen LogP contribution in [0.5, 0.6) is 5.75 Å². The fourth-order valence-corrected chi connectivity index (χ4v) is 2.75. The number of hydrogen-bond donors (Lipinski definition) is 1. The van der Waals surface area contributed by atoms with Crippen molar-refractivity contribution in [1.82, 2.24) is 5.32 Å². The minimum absolute atomic E-state index is 0.165. The molecule has 1 amide bonds. The molecule has 0 aliphatic rings. The van der Waals surface area contributed by atoms with Crippen LogP contribution in [0.3, 0.4) is 0 Å². The van der Waals surface area contributed by atoms with E-state index in [9.17, 15) is 9.59 Å². The van der Waals surface area contributed by atoms with E-state index in [2.05, 4.69) is 5.32 Å². The number of carbonyl (C=O) groups excluding carboxylic acids is 2. The minimum atomic E-state index is -0.580. The molecule has 0 unspecified atom stereocenters. The summed E-state index contributed by atoms with van der Waals surface area (Å²) in [5.74, 6) is -0.319. The first-order chi connectivity index (χ1) is 12.7. The van der Waals surface area contributed by atoms with Crippen LogP contribution in [-0.2, 0) is 14.3 Å². The Balaban J connectivity index is 1.77. The summed E-state index contributed by atoms with van der Waals surface area (Å²) >= 11 is 0. The lowest BCUT2D eigenvalue weighted by Gasteiger charge is -2.16. The van der Waals surface area contributed by atoms with Crippen LogP contribution in [0.4, 0.5) is 0 Å². The van der Waals surface area contributed by atoms with Gasteiger partial charge in [0.1, 0.15) is 5.75 Å². The summed E-state index contributed by atoms with van der Waals surface area (Å²) in [6.07, 6.45) is 0. The molecule has 144 valence electrons. The first-order valence-corrected chi connectivity index (χ1v) is 8.98. The van der Waals surface area contributed by atoms with Crippen molar-refractivity contribution < 1.29 is 19.1 Å². The van der Waals surface area contributed by atoms with Crippen molar-refractivity contribution in [2.45, 2.75) is 40.7 Å². The van der Waals surface area contributed by atoms with E-state index in [1.165, 1.54) is 11.1 Å². The third-order valence-electron chi connectivity index (χ3n) is 4.32. The fraction of sp³-hybridized carbons (Fsp3) is 0.364. The van der Waals surface area contributed by atoms with Crippen LogP contribution in [-0.4, -0.2) is 25.1 Å². The van der Waals surface area contributed by atoms with Crippen LogP contribution in [0.2, 0.25) is 0 Å². The molecule has 2 rings (SSSR count). The quantitative estimate of drug-likeness (QED) is 0.756. The summed E-state index contributed by atoms with van der Waals surface area (Å²) < 4.78 is 10.4. The van der Waals surface area contributed by atoms with Crippen molar-refractivity contribution in [2.24, 2.45) is 0 Å². The van der Waals surface area contributed by atoms with Crippen molar-refractivity contribution in [3.63, 3.8) is 0 Å². The van der Waals surface area contributed by atoms with Crippen LogP contribution >= 0.6 is 0 Å². The molecular formula is C22H27NO4. The summed E-state index contributed by atoms with van der Waals surface area (Å²) in [4.78, 5) is 23.8. The zero-order chi connectivity index (χ0) is 20.0. The third-order valence-corrected chi connectivity index (χ3v) is 4.32. The number of rotatable bonds is 7. The van der Waals surface area contributed by atoms with E-state index in [-0.39, 0.29) is 25.2 Å². The number of benzene rings is 2. The molecule has 1 N–H and O–H groups in total. The molecule has 5 nitrogen and oxygen atoms in total. The standard InChI is InChI=1S/C22H27NO4/c1-14-8-15(2)10-20(9-14)26-13-22(25)27-12-21(24)23-18(5)19-7-6-16(3)17(4)11-19/h6-11,18H,12-13H2,1-5H3,(H,23,24)/t18-/m0/s1. The minimum Gasteiger partial charge on any atom is -0.482 e. The van der Waals surface area contributed by atoms with Crippen molar-refractivity contribution in [1.29, 1.82) is 0 Å². The topological polar surface area (TPSA) is 64.6 Å². The summed E-state index contributed by atoms with van der Waals surface area (Å²) in [5.41, 5.74) is 5.49. The maximum Gasteiger partial charge on any atom is 0.344 e. The third kappa shape index (κ3) is 6.44. The van der Waals surface area contributed by atoms with E-state index in [1.54, 1.807) is 0 Å². The van der Waals surface area contributed by atoms with Crippen molar-refractivity contribution in [2.75, 3.05) is 13.2 Å². The first-order valence-electron chi connectivity index (χ1n) is 8.98. The number of hydrogen-bond acceptors (Lipinski definition) is 4. The van der Waals surface area contributed by atoms with Gasteiger partial charge in [0.2, 0.25) is 0 Å². The Morgan fingerprint density at radius 2 is 1.59 bits per heavy atom. The highest BCUT2D eigenvalue weighted by molar-refractivity contribution is 5.81. The Morgan fingerprint density at radius 1 is 0.926 bits per heavy atom. The SMILES string of the molecule is Cc1cc(C)cc(OCC(=O)OCC(=O)N[C@@H](C)c2ccc(C)c(C)c2)c1. The molecule has 0 radical (unpaired) electrons. The van der Waals surface area contributed by atoms with Gasteiger partial charge in [-0.1, -0.05) is 24.3 Å². The number of ether oxygens (including phenoxy) is 2. The normalized spacial score (nSPS) is 11.6. The molecule has 0 heterocycles. The molecule has 2 aromatic carbocycles. The van der Waals surface area contributed by atoms with E-state index in [0.29, 0.717) is 5.75 Å². The second-order valence-corrected chi connectivity index (χ2v) is 6.91. The average Bonchev–Trinajstić information content (AvgIpc) is 2.59. The van der Waals surface area contributed by atoms with Crippen molar-refractivity contribution >= 4 is 11.9 Å². The predicted molar refractivity (Wildman–Crippen MR) is 105 cm³/mol. The van der Waals surface area contributed by atoms with Crippen molar-refractivity contribution in [3.05, 3.63) is 64.2 Å². The first kappa shape index (κ1) is 20.5. The highest BCUT2D eigenvalue weighted by Gasteiger charge is 2.13. The zero-order valence-corrected chi connectivity index (χ0v) is 16.6. The van der Waals surface area contributed by atoms with Gasteiger partial charge in [-0.25, -0.2) is 4.79 Å². The zero-order valence-electron chi connectivity index (χ0n) is 16.6. The lowest BCUT2D eigenvalue weighted by Crippen LogP contribution is -2.32. The van der Waals surface area contributed by atoms with E-state index in [1.807, 2.05) is 71.0 Å². The number of nitrogens with one attached hydrogen (secondary N) is 1. The van der Waals surface area contributed by atoms with Gasteiger partial charge < -0.3 is 14.8 Å². The maximum atomic E-state index is 12.0. The number of amides is 1. The van der Waals surface area contributed by atoms with Gasteiger partial charge in [0, 0.05) is 0 Å². The fourth-order valence-electron chi connectivity index (χ4n) is 2.75. The molecule has 5 heteroatoms. The molecule has 0 fully saturated rings. The highest BCUT2D eigenvalue weighted by atomic mass is 16.6. The summed E-state index contributed by atoms with van der Waals surface area (Å²) in [6.45, 7) is 9.32. The molecule has 0 bridgehead atoms. The number of aryl methyl sites for hydroxylation is 4. The van der Waals surface area contributed by atoms with Gasteiger partial charge >= 0.3 is 5.97 Å². The Kier molecular flexibility index (Phi) is 6.99.